The monoisotopic (exact) mass is 674 g/mol. The van der Waals surface area contributed by atoms with Crippen molar-refractivity contribution in [1.29, 1.82) is 0 Å². The van der Waals surface area contributed by atoms with Gasteiger partial charge in [-0.2, -0.15) is 0 Å². The second kappa shape index (κ2) is 12.5. The predicted molar refractivity (Wildman–Crippen MR) is 176 cm³/mol. The molecule has 13 nitrogen and oxygen atoms in total. The number of benzene rings is 1. The van der Waals surface area contributed by atoms with Crippen molar-refractivity contribution in [2.75, 3.05) is 17.2 Å². The highest BCUT2D eigenvalue weighted by atomic mass is 35.5. The maximum absolute atomic E-state index is 14.2. The van der Waals surface area contributed by atoms with Crippen LogP contribution in [0.5, 0.6) is 0 Å². The Labute approximate surface area is 282 Å². The van der Waals surface area contributed by atoms with Crippen molar-refractivity contribution >= 4 is 46.7 Å². The third-order valence-corrected chi connectivity index (χ3v) is 10.6. The Kier molecular flexibility index (Phi) is 8.34. The Bertz CT molecular complexity index is 1760. The number of hydrogen-bond donors (Lipinski definition) is 4. The van der Waals surface area contributed by atoms with E-state index in [9.17, 15) is 19.2 Å². The predicted octanol–water partition coefficient (Wildman–Crippen LogP) is 4.13. The molecular formula is C34H39ClN8O5. The normalized spacial score (nSPS) is 22.4. The van der Waals surface area contributed by atoms with Crippen LogP contribution in [0.1, 0.15) is 66.8 Å². The summed E-state index contributed by atoms with van der Waals surface area (Å²) in [6, 6.07) is 5.97. The molecule has 4 N–H and O–H groups in total. The van der Waals surface area contributed by atoms with Crippen LogP contribution in [0.15, 0.2) is 41.3 Å². The van der Waals surface area contributed by atoms with E-state index in [4.69, 9.17) is 16.2 Å². The zero-order valence-electron chi connectivity index (χ0n) is 27.1. The number of rotatable bonds is 11. The number of pyridine rings is 1. The van der Waals surface area contributed by atoms with Crippen molar-refractivity contribution in [1.82, 2.24) is 30.8 Å². The summed E-state index contributed by atoms with van der Waals surface area (Å²) < 4.78 is 4.73. The van der Waals surface area contributed by atoms with E-state index < -0.39 is 17.5 Å². The summed E-state index contributed by atoms with van der Waals surface area (Å²) in [5.74, 6) is -0.240. The van der Waals surface area contributed by atoms with Crippen molar-refractivity contribution in [2.24, 2.45) is 23.7 Å². The third kappa shape index (κ3) is 6.11. The van der Waals surface area contributed by atoms with Crippen molar-refractivity contribution in [3.63, 3.8) is 0 Å². The molecule has 3 heterocycles. The van der Waals surface area contributed by atoms with E-state index in [1.807, 2.05) is 26.0 Å². The molecule has 0 radical (unpaired) electrons. The van der Waals surface area contributed by atoms with Gasteiger partial charge in [-0.05, 0) is 90.8 Å². The van der Waals surface area contributed by atoms with Crippen molar-refractivity contribution < 1.29 is 23.8 Å². The summed E-state index contributed by atoms with van der Waals surface area (Å²) in [6.45, 7) is 6.06. The van der Waals surface area contributed by atoms with Gasteiger partial charge in [-0.15, -0.1) is 0 Å². The lowest BCUT2D eigenvalue weighted by Crippen LogP contribution is -2.59. The molecule has 252 valence electrons. The first kappa shape index (κ1) is 32.0. The van der Waals surface area contributed by atoms with E-state index >= 15 is 0 Å². The van der Waals surface area contributed by atoms with Gasteiger partial charge in [-0.1, -0.05) is 36.7 Å². The summed E-state index contributed by atoms with van der Waals surface area (Å²) in [6.07, 6.45) is 7.65. The third-order valence-electron chi connectivity index (χ3n) is 10.3. The van der Waals surface area contributed by atoms with Gasteiger partial charge in [-0.3, -0.25) is 19.4 Å². The minimum absolute atomic E-state index is 0.0155. The largest absolute Gasteiger partial charge is 0.338 e. The number of carbonyl (C=O) groups excluding carboxylic acids is 4. The van der Waals surface area contributed by atoms with Gasteiger partial charge in [0.2, 0.25) is 5.91 Å². The second-order valence-electron chi connectivity index (χ2n) is 14.0. The van der Waals surface area contributed by atoms with Gasteiger partial charge in [0.25, 0.3) is 11.8 Å². The highest BCUT2D eigenvalue weighted by Crippen LogP contribution is 2.51. The Morgan fingerprint density at radius 3 is 2.40 bits per heavy atom. The van der Waals surface area contributed by atoms with E-state index in [2.05, 4.69) is 36.6 Å². The van der Waals surface area contributed by atoms with Gasteiger partial charge >= 0.3 is 6.03 Å². The van der Waals surface area contributed by atoms with E-state index in [1.54, 1.807) is 24.0 Å². The van der Waals surface area contributed by atoms with Gasteiger partial charge in [0.15, 0.2) is 5.69 Å². The van der Waals surface area contributed by atoms with Gasteiger partial charge in [-0.25, -0.2) is 9.42 Å². The zero-order valence-corrected chi connectivity index (χ0v) is 27.8. The first-order valence-corrected chi connectivity index (χ1v) is 16.9. The fraction of sp³-hybridized carbons (Fsp3) is 0.500. The first-order chi connectivity index (χ1) is 23.0. The van der Waals surface area contributed by atoms with Gasteiger partial charge < -0.3 is 26.2 Å². The number of nitrogens with one attached hydrogen (secondary N) is 4. The Balaban J connectivity index is 1.15. The maximum atomic E-state index is 14.2. The molecule has 1 aliphatic heterocycles. The van der Waals surface area contributed by atoms with Gasteiger partial charge in [0.1, 0.15) is 17.3 Å². The quantitative estimate of drug-likeness (QED) is 0.235. The minimum atomic E-state index is -1.24. The Morgan fingerprint density at radius 2 is 1.77 bits per heavy atom. The Hall–Kier alpha value is -4.52. The summed E-state index contributed by atoms with van der Waals surface area (Å²) in [4.78, 5) is 60.6. The molecule has 1 aromatic carbocycles. The van der Waals surface area contributed by atoms with Crippen molar-refractivity contribution in [3.05, 3.63) is 64.2 Å². The lowest BCUT2D eigenvalue weighted by atomic mass is 9.88. The molecule has 3 aliphatic carbocycles. The molecule has 3 aromatic rings. The highest BCUT2D eigenvalue weighted by Gasteiger charge is 2.54. The summed E-state index contributed by atoms with van der Waals surface area (Å²) in [7, 11) is 0. The molecule has 7 rings (SSSR count). The van der Waals surface area contributed by atoms with E-state index in [0.29, 0.717) is 40.5 Å². The standard InChI is InChI=1S/C34H39ClN8O5/c1-17(2)26-16-43(33(47)39-26)34(32(46)38-25-15-36-11-10-24(25)35)13-21-8-9-23(12-22(21)14-34)37-31(45)29(27(19-4-5-19)20-6-7-20)40-30(44)28-18(3)41-48-42-28/h8-12,15,17,19-20,26-27,29H,4-7,13-14,16H2,1-3H3,(H,37,45)(H,38,46)(H,39,47)(H,40,44)/t26-,29-,34?/m0/s1. The minimum Gasteiger partial charge on any atom is -0.338 e. The number of anilines is 2. The van der Waals surface area contributed by atoms with Crippen LogP contribution in [0, 0.1) is 30.6 Å². The number of amides is 5. The lowest BCUT2D eigenvalue weighted by molar-refractivity contribution is -0.125. The molecule has 4 aliphatic rings. The average Bonchev–Trinajstić information content (AvgIpc) is 3.95. The van der Waals surface area contributed by atoms with Crippen LogP contribution in [0.2, 0.25) is 5.02 Å². The summed E-state index contributed by atoms with van der Waals surface area (Å²) in [5.41, 5.74) is 1.81. The second-order valence-corrected chi connectivity index (χ2v) is 14.4. The zero-order chi connectivity index (χ0) is 33.7. The number of aromatic nitrogens is 3. The van der Waals surface area contributed by atoms with Crippen LogP contribution >= 0.6 is 11.6 Å². The van der Waals surface area contributed by atoms with Gasteiger partial charge in [0, 0.05) is 31.3 Å². The van der Waals surface area contributed by atoms with Crippen LogP contribution < -0.4 is 21.3 Å². The van der Waals surface area contributed by atoms with Crippen LogP contribution in [-0.2, 0) is 22.4 Å². The Morgan fingerprint density at radius 1 is 1.04 bits per heavy atom. The lowest BCUT2D eigenvalue weighted by Gasteiger charge is -2.36. The molecule has 48 heavy (non-hydrogen) atoms. The van der Waals surface area contributed by atoms with Crippen molar-refractivity contribution in [2.45, 2.75) is 76.9 Å². The van der Waals surface area contributed by atoms with Crippen LogP contribution in [0.4, 0.5) is 16.2 Å². The van der Waals surface area contributed by atoms with E-state index in [0.717, 1.165) is 36.8 Å². The number of nitrogens with zero attached hydrogens (tertiary/aromatic N) is 4. The van der Waals surface area contributed by atoms with Crippen LogP contribution in [-0.4, -0.2) is 68.1 Å². The average molecular weight is 675 g/mol. The topological polar surface area (TPSA) is 171 Å². The molecule has 14 heteroatoms. The molecule has 3 atom stereocenters. The first-order valence-electron chi connectivity index (χ1n) is 16.6. The fourth-order valence-electron chi connectivity index (χ4n) is 7.32. The van der Waals surface area contributed by atoms with E-state index in [1.165, 1.54) is 12.4 Å². The SMILES string of the molecule is Cc1nonc1C(=O)N[C@H](C(=O)Nc1ccc2c(c1)CC(C(=O)Nc1cnccc1Cl)(N1C[C@@H](C(C)C)NC1=O)C2)C(C1CC1)C1CC1. The molecule has 5 amide bonds. The molecule has 0 bridgehead atoms. The molecule has 0 spiro atoms. The smallest absolute Gasteiger partial charge is 0.318 e. The summed E-state index contributed by atoms with van der Waals surface area (Å²) >= 11 is 6.37. The molecule has 3 fully saturated rings. The molecule has 2 aromatic heterocycles. The summed E-state index contributed by atoms with van der Waals surface area (Å²) in [5, 5.41) is 19.8. The van der Waals surface area contributed by atoms with Gasteiger partial charge in [0.05, 0.1) is 22.9 Å². The maximum Gasteiger partial charge on any atom is 0.318 e. The van der Waals surface area contributed by atoms with E-state index in [-0.39, 0.29) is 54.3 Å². The fourth-order valence-corrected chi connectivity index (χ4v) is 7.47. The van der Waals surface area contributed by atoms with Crippen molar-refractivity contribution in [3.8, 4) is 0 Å². The number of fused-ring (bicyclic) bond motifs is 1. The molecule has 1 unspecified atom stereocenters. The van der Waals surface area contributed by atoms with Crippen LogP contribution in [0.25, 0.3) is 0 Å². The number of urea groups is 1. The molecule has 2 saturated carbocycles. The molecular weight excluding hydrogens is 636 g/mol. The molecule has 1 saturated heterocycles. The number of aryl methyl sites for hydroxylation is 1. The van der Waals surface area contributed by atoms with Crippen LogP contribution in [0.3, 0.4) is 0 Å². The number of hydrogen-bond acceptors (Lipinski definition) is 8. The highest BCUT2D eigenvalue weighted by molar-refractivity contribution is 6.33. The number of halogens is 1. The number of carbonyl (C=O) groups is 4.